The van der Waals surface area contributed by atoms with Gasteiger partial charge >= 0.3 is 5.97 Å². The van der Waals surface area contributed by atoms with Gasteiger partial charge in [-0.15, -0.1) is 0 Å². The van der Waals surface area contributed by atoms with Gasteiger partial charge < -0.3 is 14.6 Å². The van der Waals surface area contributed by atoms with Gasteiger partial charge in [0.2, 0.25) is 0 Å². The van der Waals surface area contributed by atoms with Crippen LogP contribution in [0.2, 0.25) is 0 Å². The molecule has 0 aliphatic rings. The third-order valence-corrected chi connectivity index (χ3v) is 6.24. The van der Waals surface area contributed by atoms with E-state index in [9.17, 15) is 14.4 Å². The quantitative estimate of drug-likeness (QED) is 0.342. The highest BCUT2D eigenvalue weighted by Crippen LogP contribution is 2.31. The molecule has 5 rings (SSSR count). The summed E-state index contributed by atoms with van der Waals surface area (Å²) in [6, 6.07) is 28.2. The third kappa shape index (κ3) is 4.25. The molecule has 6 nitrogen and oxygen atoms in total. The van der Waals surface area contributed by atoms with Gasteiger partial charge in [0.1, 0.15) is 5.69 Å². The second-order valence-electron chi connectivity index (χ2n) is 8.65. The molecular formula is C30H24N2O4. The van der Waals surface area contributed by atoms with Crippen molar-refractivity contribution in [2.45, 2.75) is 6.92 Å². The molecule has 6 heteroatoms. The number of carbonyl (C=O) groups excluding carboxylic acids is 2. The van der Waals surface area contributed by atoms with Crippen LogP contribution in [0.25, 0.3) is 32.7 Å². The molecule has 0 aliphatic heterocycles. The molecule has 178 valence electrons. The second-order valence-corrected chi connectivity index (χ2v) is 8.65. The van der Waals surface area contributed by atoms with Crippen molar-refractivity contribution in [3.63, 3.8) is 0 Å². The number of fused-ring (bicyclic) bond motifs is 2. The van der Waals surface area contributed by atoms with Crippen LogP contribution in [0.3, 0.4) is 0 Å². The van der Waals surface area contributed by atoms with E-state index in [2.05, 4.69) is 5.32 Å². The Hall–Kier alpha value is -4.71. The van der Waals surface area contributed by atoms with E-state index in [0.29, 0.717) is 22.0 Å². The second kappa shape index (κ2) is 9.50. The van der Waals surface area contributed by atoms with E-state index >= 15 is 0 Å². The first-order chi connectivity index (χ1) is 17.4. The number of ether oxygens (including phenoxy) is 1. The van der Waals surface area contributed by atoms with Gasteiger partial charge in [0, 0.05) is 29.1 Å². The van der Waals surface area contributed by atoms with Crippen molar-refractivity contribution in [1.29, 1.82) is 0 Å². The highest BCUT2D eigenvalue weighted by Gasteiger charge is 2.23. The lowest BCUT2D eigenvalue weighted by Gasteiger charge is -2.17. The van der Waals surface area contributed by atoms with Crippen molar-refractivity contribution in [1.82, 2.24) is 4.57 Å². The minimum atomic E-state index is -0.746. The number of amides is 1. The average Bonchev–Trinajstić information content (AvgIpc) is 2.90. The van der Waals surface area contributed by atoms with E-state index in [0.717, 1.165) is 21.9 Å². The zero-order chi connectivity index (χ0) is 25.2. The van der Waals surface area contributed by atoms with Gasteiger partial charge in [0.05, 0.1) is 0 Å². The van der Waals surface area contributed by atoms with Crippen LogP contribution >= 0.6 is 0 Å². The maximum absolute atomic E-state index is 13.3. The Kier molecular flexibility index (Phi) is 6.09. The molecule has 0 fully saturated rings. The summed E-state index contributed by atoms with van der Waals surface area (Å²) in [5.74, 6) is -1.22. The standard InChI is InChI=1S/C30H24N2O4/c1-19-14-16-21(17-15-19)27-23-11-5-6-12-24(23)29(34)32(2)28(27)30(35)36-18-26(33)31-25-13-7-9-20-8-3-4-10-22(20)25/h3-17H,18H2,1-2H3,(H,31,33). The SMILES string of the molecule is Cc1ccc(-c2c(C(=O)OCC(=O)Nc3cccc4ccccc34)n(C)c(=O)c3ccccc23)cc1. The summed E-state index contributed by atoms with van der Waals surface area (Å²) in [7, 11) is 1.54. The van der Waals surface area contributed by atoms with Crippen molar-refractivity contribution in [3.8, 4) is 11.1 Å². The van der Waals surface area contributed by atoms with Crippen LogP contribution in [-0.2, 0) is 16.6 Å². The number of rotatable bonds is 5. The van der Waals surface area contributed by atoms with Crippen molar-refractivity contribution in [3.05, 3.63) is 113 Å². The lowest BCUT2D eigenvalue weighted by molar-refractivity contribution is -0.119. The summed E-state index contributed by atoms with van der Waals surface area (Å²) in [5, 5.41) is 5.84. The molecule has 0 aliphatic carbocycles. The Morgan fingerprint density at radius 1 is 0.806 bits per heavy atom. The summed E-state index contributed by atoms with van der Waals surface area (Å²) < 4.78 is 6.73. The van der Waals surface area contributed by atoms with Crippen LogP contribution < -0.4 is 10.9 Å². The molecule has 0 radical (unpaired) electrons. The van der Waals surface area contributed by atoms with Gasteiger partial charge in [0.25, 0.3) is 11.5 Å². The summed E-state index contributed by atoms with van der Waals surface area (Å²) in [4.78, 5) is 39.1. The van der Waals surface area contributed by atoms with Gasteiger partial charge in [-0.1, -0.05) is 84.4 Å². The molecule has 36 heavy (non-hydrogen) atoms. The lowest BCUT2D eigenvalue weighted by Crippen LogP contribution is -2.28. The molecule has 0 spiro atoms. The summed E-state index contributed by atoms with van der Waals surface area (Å²) in [5.41, 5.74) is 2.86. The predicted octanol–water partition coefficient (Wildman–Crippen LogP) is 5.46. The minimum absolute atomic E-state index is 0.0977. The Labute approximate surface area is 207 Å². The topological polar surface area (TPSA) is 77.4 Å². The van der Waals surface area contributed by atoms with Crippen LogP contribution in [0.5, 0.6) is 0 Å². The number of hydrogen-bond donors (Lipinski definition) is 1. The fourth-order valence-corrected chi connectivity index (χ4v) is 4.44. The van der Waals surface area contributed by atoms with E-state index < -0.39 is 18.5 Å². The molecule has 5 aromatic rings. The van der Waals surface area contributed by atoms with E-state index in [1.807, 2.05) is 79.7 Å². The molecule has 0 bridgehead atoms. The van der Waals surface area contributed by atoms with Crippen molar-refractivity contribution < 1.29 is 14.3 Å². The Morgan fingerprint density at radius 2 is 1.44 bits per heavy atom. The fraction of sp³-hybridized carbons (Fsp3) is 0.100. The van der Waals surface area contributed by atoms with Gasteiger partial charge in [-0.2, -0.15) is 0 Å². The zero-order valence-corrected chi connectivity index (χ0v) is 19.9. The molecule has 0 saturated carbocycles. The highest BCUT2D eigenvalue weighted by atomic mass is 16.5. The van der Waals surface area contributed by atoms with Crippen LogP contribution in [0.1, 0.15) is 16.1 Å². The van der Waals surface area contributed by atoms with Crippen LogP contribution in [-0.4, -0.2) is 23.1 Å². The normalized spacial score (nSPS) is 10.9. The first kappa shape index (κ1) is 23.1. The molecule has 0 saturated heterocycles. The summed E-state index contributed by atoms with van der Waals surface area (Å²) >= 11 is 0. The Balaban J connectivity index is 1.48. The van der Waals surface area contributed by atoms with Crippen LogP contribution in [0.15, 0.2) is 95.8 Å². The predicted molar refractivity (Wildman–Crippen MR) is 142 cm³/mol. The number of aromatic nitrogens is 1. The number of aryl methyl sites for hydroxylation is 1. The number of esters is 1. The highest BCUT2D eigenvalue weighted by molar-refractivity contribution is 6.08. The zero-order valence-electron chi connectivity index (χ0n) is 19.9. The van der Waals surface area contributed by atoms with E-state index in [1.54, 1.807) is 25.2 Å². The van der Waals surface area contributed by atoms with Crippen molar-refractivity contribution in [2.24, 2.45) is 7.05 Å². The number of carbonyl (C=O) groups is 2. The number of benzene rings is 4. The average molecular weight is 477 g/mol. The number of hydrogen-bond acceptors (Lipinski definition) is 4. The van der Waals surface area contributed by atoms with Crippen molar-refractivity contribution >= 4 is 39.1 Å². The first-order valence-electron chi connectivity index (χ1n) is 11.6. The van der Waals surface area contributed by atoms with E-state index in [-0.39, 0.29) is 11.3 Å². The molecule has 1 N–H and O–H groups in total. The maximum Gasteiger partial charge on any atom is 0.356 e. The fourth-order valence-electron chi connectivity index (χ4n) is 4.44. The van der Waals surface area contributed by atoms with Gasteiger partial charge in [-0.05, 0) is 35.4 Å². The molecular weight excluding hydrogens is 452 g/mol. The number of anilines is 1. The molecule has 1 heterocycles. The van der Waals surface area contributed by atoms with Gasteiger partial charge in [-0.3, -0.25) is 9.59 Å². The minimum Gasteiger partial charge on any atom is -0.451 e. The van der Waals surface area contributed by atoms with Crippen molar-refractivity contribution in [2.75, 3.05) is 11.9 Å². The number of nitrogens with one attached hydrogen (secondary N) is 1. The molecule has 4 aromatic carbocycles. The lowest BCUT2D eigenvalue weighted by atomic mass is 9.96. The maximum atomic E-state index is 13.3. The molecule has 0 atom stereocenters. The number of nitrogens with zero attached hydrogens (tertiary/aromatic N) is 1. The molecule has 0 unspecified atom stereocenters. The summed E-state index contributed by atoms with van der Waals surface area (Å²) in [6.07, 6.45) is 0. The smallest absolute Gasteiger partial charge is 0.356 e. The van der Waals surface area contributed by atoms with Crippen LogP contribution in [0, 0.1) is 6.92 Å². The van der Waals surface area contributed by atoms with E-state index in [1.165, 1.54) is 4.57 Å². The largest absolute Gasteiger partial charge is 0.451 e. The van der Waals surface area contributed by atoms with Gasteiger partial charge in [-0.25, -0.2) is 4.79 Å². The molecule has 1 amide bonds. The Morgan fingerprint density at radius 3 is 2.19 bits per heavy atom. The molecule has 1 aromatic heterocycles. The number of pyridine rings is 1. The summed E-state index contributed by atoms with van der Waals surface area (Å²) in [6.45, 7) is 1.49. The Bertz CT molecular complexity index is 1680. The first-order valence-corrected chi connectivity index (χ1v) is 11.6. The van der Waals surface area contributed by atoms with Crippen LogP contribution in [0.4, 0.5) is 5.69 Å². The van der Waals surface area contributed by atoms with Gasteiger partial charge in [0.15, 0.2) is 6.61 Å². The monoisotopic (exact) mass is 476 g/mol. The third-order valence-electron chi connectivity index (χ3n) is 6.24. The van der Waals surface area contributed by atoms with E-state index in [4.69, 9.17) is 4.74 Å².